The molecule has 1 heterocycles. The summed E-state index contributed by atoms with van der Waals surface area (Å²) in [5.41, 5.74) is 9.91. The zero-order valence-corrected chi connectivity index (χ0v) is 14.1. The van der Waals surface area contributed by atoms with Crippen LogP contribution < -0.4 is 11.1 Å². The van der Waals surface area contributed by atoms with Gasteiger partial charge in [0.05, 0.1) is 11.0 Å². The van der Waals surface area contributed by atoms with Gasteiger partial charge in [-0.15, -0.1) is 0 Å². The molecule has 1 saturated carbocycles. The Morgan fingerprint density at radius 1 is 1.16 bits per heavy atom. The topological polar surface area (TPSA) is 72.9 Å². The fourth-order valence-electron chi connectivity index (χ4n) is 3.64. The van der Waals surface area contributed by atoms with Crippen molar-refractivity contribution < 1.29 is 4.79 Å². The average molecular weight is 334 g/mol. The van der Waals surface area contributed by atoms with E-state index in [1.165, 1.54) is 0 Å². The van der Waals surface area contributed by atoms with Gasteiger partial charge in [0.25, 0.3) is 0 Å². The molecule has 5 heteroatoms. The van der Waals surface area contributed by atoms with Gasteiger partial charge in [0.1, 0.15) is 6.33 Å². The first kappa shape index (κ1) is 15.8. The van der Waals surface area contributed by atoms with Crippen LogP contribution >= 0.6 is 0 Å². The van der Waals surface area contributed by atoms with Gasteiger partial charge in [-0.1, -0.05) is 18.6 Å². The molecule has 128 valence electrons. The fraction of sp³-hybridized carbons (Fsp3) is 0.300. The van der Waals surface area contributed by atoms with Crippen LogP contribution in [0, 0.1) is 5.92 Å². The van der Waals surface area contributed by atoms with Gasteiger partial charge >= 0.3 is 0 Å². The van der Waals surface area contributed by atoms with Gasteiger partial charge < -0.3 is 11.1 Å². The molecule has 2 atom stereocenters. The minimum Gasteiger partial charge on any atom is -0.327 e. The molecule has 5 nitrogen and oxygen atoms in total. The molecular formula is C20H22N4O. The maximum absolute atomic E-state index is 12.2. The van der Waals surface area contributed by atoms with E-state index >= 15 is 0 Å². The fourth-order valence-corrected chi connectivity index (χ4v) is 3.64. The van der Waals surface area contributed by atoms with E-state index in [2.05, 4.69) is 10.3 Å². The molecule has 0 aliphatic heterocycles. The highest BCUT2D eigenvalue weighted by Crippen LogP contribution is 2.27. The third-order valence-corrected chi connectivity index (χ3v) is 5.05. The Bertz CT molecular complexity index is 884. The molecule has 0 saturated heterocycles. The molecule has 1 fully saturated rings. The SMILES string of the molecule is N[C@@H]1CCC[C@H]1CC(=O)Nc1ccc(-n2cnc3ccccc32)cc1. The van der Waals surface area contributed by atoms with Crippen molar-refractivity contribution >= 4 is 22.6 Å². The number of fused-ring (bicyclic) bond motifs is 1. The van der Waals surface area contributed by atoms with E-state index < -0.39 is 0 Å². The van der Waals surface area contributed by atoms with Crippen molar-refractivity contribution in [3.63, 3.8) is 0 Å². The number of benzene rings is 2. The molecule has 25 heavy (non-hydrogen) atoms. The van der Waals surface area contributed by atoms with E-state index in [0.29, 0.717) is 12.3 Å². The summed E-state index contributed by atoms with van der Waals surface area (Å²) in [6.07, 6.45) is 5.55. The van der Waals surface area contributed by atoms with Crippen LogP contribution in [0.4, 0.5) is 5.69 Å². The summed E-state index contributed by atoms with van der Waals surface area (Å²) in [6, 6.07) is 16.0. The molecule has 2 aromatic carbocycles. The quantitative estimate of drug-likeness (QED) is 0.767. The zero-order chi connectivity index (χ0) is 17.2. The van der Waals surface area contributed by atoms with E-state index in [-0.39, 0.29) is 11.9 Å². The lowest BCUT2D eigenvalue weighted by Gasteiger charge is -2.15. The summed E-state index contributed by atoms with van der Waals surface area (Å²) >= 11 is 0. The van der Waals surface area contributed by atoms with Gasteiger partial charge in [0.15, 0.2) is 0 Å². The number of para-hydroxylation sites is 2. The molecule has 0 spiro atoms. The molecule has 0 radical (unpaired) electrons. The minimum absolute atomic E-state index is 0.0446. The predicted octanol–water partition coefficient (Wildman–Crippen LogP) is 3.48. The van der Waals surface area contributed by atoms with Crippen LogP contribution in [0.15, 0.2) is 54.9 Å². The zero-order valence-electron chi connectivity index (χ0n) is 14.1. The van der Waals surface area contributed by atoms with E-state index in [0.717, 1.165) is 41.7 Å². The van der Waals surface area contributed by atoms with Crippen LogP contribution in [0.3, 0.4) is 0 Å². The monoisotopic (exact) mass is 334 g/mol. The number of rotatable bonds is 4. The maximum atomic E-state index is 12.2. The van der Waals surface area contributed by atoms with Crippen molar-refractivity contribution in [3.8, 4) is 5.69 Å². The Morgan fingerprint density at radius 2 is 1.96 bits per heavy atom. The molecule has 1 aliphatic rings. The number of amides is 1. The standard InChI is InChI=1S/C20H22N4O/c21-17-5-3-4-14(17)12-20(25)23-15-8-10-16(11-9-15)24-13-22-18-6-1-2-7-19(18)24/h1-2,6-11,13-14,17H,3-5,12,21H2,(H,23,25)/t14-,17+/m0/s1. The number of anilines is 1. The normalized spacial score (nSPS) is 20.0. The van der Waals surface area contributed by atoms with E-state index in [1.54, 1.807) is 0 Å². The van der Waals surface area contributed by atoms with Crippen LogP contribution in [0.2, 0.25) is 0 Å². The third kappa shape index (κ3) is 3.28. The summed E-state index contributed by atoms with van der Waals surface area (Å²) in [4.78, 5) is 16.6. The smallest absolute Gasteiger partial charge is 0.224 e. The van der Waals surface area contributed by atoms with E-state index in [9.17, 15) is 4.79 Å². The third-order valence-electron chi connectivity index (χ3n) is 5.05. The molecule has 4 rings (SSSR count). The highest BCUT2D eigenvalue weighted by Gasteiger charge is 2.25. The number of nitrogens with zero attached hydrogens (tertiary/aromatic N) is 2. The van der Waals surface area contributed by atoms with Crippen LogP contribution in [-0.4, -0.2) is 21.5 Å². The molecule has 1 amide bonds. The number of carbonyl (C=O) groups excluding carboxylic acids is 1. The predicted molar refractivity (Wildman–Crippen MR) is 99.6 cm³/mol. The Labute approximate surface area is 146 Å². The summed E-state index contributed by atoms with van der Waals surface area (Å²) in [5.74, 6) is 0.361. The number of carbonyl (C=O) groups is 1. The van der Waals surface area contributed by atoms with E-state index in [1.807, 2.05) is 59.4 Å². The molecular weight excluding hydrogens is 312 g/mol. The Kier molecular flexibility index (Phi) is 4.24. The summed E-state index contributed by atoms with van der Waals surface area (Å²) in [5, 5.41) is 2.98. The average Bonchev–Trinajstić information content (AvgIpc) is 3.22. The van der Waals surface area contributed by atoms with Crippen LogP contribution in [-0.2, 0) is 4.79 Å². The maximum Gasteiger partial charge on any atom is 0.224 e. The van der Waals surface area contributed by atoms with Crippen molar-refractivity contribution in [2.75, 3.05) is 5.32 Å². The largest absolute Gasteiger partial charge is 0.327 e. The number of hydrogen-bond donors (Lipinski definition) is 2. The van der Waals surface area contributed by atoms with Crippen molar-refractivity contribution in [2.24, 2.45) is 11.7 Å². The summed E-state index contributed by atoms with van der Waals surface area (Å²) in [6.45, 7) is 0. The molecule has 0 bridgehead atoms. The highest BCUT2D eigenvalue weighted by atomic mass is 16.1. The van der Waals surface area contributed by atoms with E-state index in [4.69, 9.17) is 5.73 Å². The lowest BCUT2D eigenvalue weighted by molar-refractivity contribution is -0.117. The van der Waals surface area contributed by atoms with Crippen LogP contribution in [0.1, 0.15) is 25.7 Å². The van der Waals surface area contributed by atoms with Gasteiger partial charge in [-0.3, -0.25) is 9.36 Å². The lowest BCUT2D eigenvalue weighted by atomic mass is 10.00. The van der Waals surface area contributed by atoms with Gasteiger partial charge in [-0.25, -0.2) is 4.98 Å². The van der Waals surface area contributed by atoms with Crippen LogP contribution in [0.5, 0.6) is 0 Å². The minimum atomic E-state index is 0.0446. The lowest BCUT2D eigenvalue weighted by Crippen LogP contribution is -2.28. The summed E-state index contributed by atoms with van der Waals surface area (Å²) < 4.78 is 2.04. The Hall–Kier alpha value is -2.66. The van der Waals surface area contributed by atoms with Crippen molar-refractivity contribution in [2.45, 2.75) is 31.7 Å². The van der Waals surface area contributed by atoms with Gasteiger partial charge in [0.2, 0.25) is 5.91 Å². The second-order valence-electron chi connectivity index (χ2n) is 6.76. The Morgan fingerprint density at radius 3 is 2.72 bits per heavy atom. The summed E-state index contributed by atoms with van der Waals surface area (Å²) in [7, 11) is 0. The molecule has 1 aromatic heterocycles. The van der Waals surface area contributed by atoms with Gasteiger partial charge in [-0.05, 0) is 55.2 Å². The van der Waals surface area contributed by atoms with Gasteiger partial charge in [0, 0.05) is 23.8 Å². The first-order valence-corrected chi connectivity index (χ1v) is 8.79. The molecule has 3 N–H and O–H groups in total. The second-order valence-corrected chi connectivity index (χ2v) is 6.76. The number of hydrogen-bond acceptors (Lipinski definition) is 3. The number of aromatic nitrogens is 2. The van der Waals surface area contributed by atoms with Crippen molar-refractivity contribution in [1.29, 1.82) is 0 Å². The number of nitrogens with one attached hydrogen (secondary N) is 1. The first-order valence-electron chi connectivity index (χ1n) is 8.79. The second kappa shape index (κ2) is 6.69. The van der Waals surface area contributed by atoms with Crippen LogP contribution in [0.25, 0.3) is 16.7 Å². The number of imidazole rings is 1. The first-order chi connectivity index (χ1) is 12.2. The highest BCUT2D eigenvalue weighted by molar-refractivity contribution is 5.91. The molecule has 1 aliphatic carbocycles. The van der Waals surface area contributed by atoms with Crippen molar-refractivity contribution in [3.05, 3.63) is 54.9 Å². The Balaban J connectivity index is 1.46. The van der Waals surface area contributed by atoms with Gasteiger partial charge in [-0.2, -0.15) is 0 Å². The molecule has 0 unspecified atom stereocenters. The molecule has 3 aromatic rings. The number of nitrogens with two attached hydrogens (primary N) is 1. The van der Waals surface area contributed by atoms with Crippen molar-refractivity contribution in [1.82, 2.24) is 9.55 Å².